The van der Waals surface area contributed by atoms with Crippen molar-refractivity contribution in [3.63, 3.8) is 0 Å². The highest BCUT2D eigenvalue weighted by molar-refractivity contribution is 6.10. The molecule has 0 fully saturated rings. The number of hydrogen-bond acceptors (Lipinski definition) is 4. The zero-order valence-corrected chi connectivity index (χ0v) is 25.3. The molecule has 42 heavy (non-hydrogen) atoms. The van der Waals surface area contributed by atoms with Gasteiger partial charge < -0.3 is 19.1 Å². The molecule has 0 aliphatic carbocycles. The van der Waals surface area contributed by atoms with Crippen molar-refractivity contribution >= 4 is 16.9 Å². The van der Waals surface area contributed by atoms with Gasteiger partial charge in [0.1, 0.15) is 11.4 Å². The number of pyridine rings is 1. The van der Waals surface area contributed by atoms with E-state index in [4.69, 9.17) is 9.47 Å². The summed E-state index contributed by atoms with van der Waals surface area (Å²) in [6.45, 7) is 14.4. The summed E-state index contributed by atoms with van der Waals surface area (Å²) in [5, 5.41) is 11.5. The second kappa shape index (κ2) is 11.4. The van der Waals surface area contributed by atoms with E-state index in [-0.39, 0.29) is 23.3 Å². The predicted octanol–water partition coefficient (Wildman–Crippen LogP) is 8.93. The van der Waals surface area contributed by atoms with Crippen LogP contribution in [0.5, 0.6) is 11.6 Å². The molecular weight excluding hydrogens is 524 g/mol. The maximum absolute atomic E-state index is 13.0. The number of nitrogens with zero attached hydrogens (tertiary/aromatic N) is 2. The Morgan fingerprint density at radius 3 is 1.95 bits per heavy atom. The van der Waals surface area contributed by atoms with Gasteiger partial charge in [0.2, 0.25) is 5.88 Å². The number of carboxylic acid groups (broad SMARTS) is 1. The molecule has 0 radical (unpaired) electrons. The van der Waals surface area contributed by atoms with Gasteiger partial charge in [-0.25, -0.2) is 9.78 Å². The summed E-state index contributed by atoms with van der Waals surface area (Å²) in [5.41, 5.74) is 6.41. The minimum Gasteiger partial charge on any atom is -0.491 e. The number of aromatic carboxylic acids is 1. The minimum atomic E-state index is -1.03. The second-order valence-corrected chi connectivity index (χ2v) is 12.1. The molecule has 0 aliphatic heterocycles. The van der Waals surface area contributed by atoms with Gasteiger partial charge in [-0.2, -0.15) is 0 Å². The Bertz CT molecular complexity index is 1710. The van der Waals surface area contributed by atoms with E-state index >= 15 is 0 Å². The maximum Gasteiger partial charge on any atom is 0.353 e. The molecule has 2 heterocycles. The largest absolute Gasteiger partial charge is 0.491 e. The molecule has 3 aromatic carbocycles. The SMILES string of the molecule is CC(C)Oc1ccc(-c2c(C(=O)O)n(-c3ccc(OC(C)C)nc3)c3ccc(-c4ccc(C(C)(C)C)cc4)cc23)cc1. The van der Waals surface area contributed by atoms with Crippen molar-refractivity contribution in [2.45, 2.75) is 66.1 Å². The minimum absolute atomic E-state index is 0.0181. The zero-order valence-electron chi connectivity index (χ0n) is 25.3. The third-order valence-electron chi connectivity index (χ3n) is 7.10. The molecule has 0 amide bonds. The Hall–Kier alpha value is -4.58. The van der Waals surface area contributed by atoms with Crippen molar-refractivity contribution in [2.24, 2.45) is 0 Å². The maximum atomic E-state index is 13.0. The lowest BCUT2D eigenvalue weighted by Gasteiger charge is -2.19. The van der Waals surface area contributed by atoms with Crippen molar-refractivity contribution in [1.82, 2.24) is 9.55 Å². The lowest BCUT2D eigenvalue weighted by molar-refractivity contribution is 0.0689. The summed E-state index contributed by atoms with van der Waals surface area (Å²) < 4.78 is 13.3. The number of benzene rings is 3. The van der Waals surface area contributed by atoms with Crippen molar-refractivity contribution in [3.8, 4) is 39.6 Å². The van der Waals surface area contributed by atoms with E-state index in [9.17, 15) is 9.90 Å². The van der Waals surface area contributed by atoms with Crippen LogP contribution in [0.1, 0.15) is 64.5 Å². The molecule has 0 saturated heterocycles. The first-order chi connectivity index (χ1) is 19.9. The molecule has 0 bridgehead atoms. The van der Waals surface area contributed by atoms with E-state index in [1.54, 1.807) is 16.8 Å². The molecule has 0 atom stereocenters. The Morgan fingerprint density at radius 1 is 0.786 bits per heavy atom. The summed E-state index contributed by atoms with van der Waals surface area (Å²) in [6.07, 6.45) is 1.68. The van der Waals surface area contributed by atoms with Gasteiger partial charge in [-0.1, -0.05) is 63.2 Å². The Kier molecular flexibility index (Phi) is 7.83. The van der Waals surface area contributed by atoms with Crippen LogP contribution in [0.15, 0.2) is 85.1 Å². The zero-order chi connectivity index (χ0) is 30.2. The number of carboxylic acids is 1. The van der Waals surface area contributed by atoms with Gasteiger partial charge in [0, 0.05) is 17.0 Å². The summed E-state index contributed by atoms with van der Waals surface area (Å²) >= 11 is 0. The van der Waals surface area contributed by atoms with Crippen LogP contribution >= 0.6 is 0 Å². The van der Waals surface area contributed by atoms with E-state index in [0.29, 0.717) is 17.1 Å². The van der Waals surface area contributed by atoms with Gasteiger partial charge in [-0.3, -0.25) is 0 Å². The van der Waals surface area contributed by atoms with Crippen LogP contribution in [0.3, 0.4) is 0 Å². The molecule has 216 valence electrons. The molecule has 1 N–H and O–H groups in total. The van der Waals surface area contributed by atoms with Crippen LogP contribution in [0.4, 0.5) is 0 Å². The number of fused-ring (bicyclic) bond motifs is 1. The first kappa shape index (κ1) is 28.9. The predicted molar refractivity (Wildman–Crippen MR) is 169 cm³/mol. The molecule has 0 unspecified atom stereocenters. The lowest BCUT2D eigenvalue weighted by Crippen LogP contribution is -2.10. The second-order valence-electron chi connectivity index (χ2n) is 12.1. The molecular formula is C36H38N2O4. The van der Waals surface area contributed by atoms with Gasteiger partial charge in [0.05, 0.1) is 29.6 Å². The third-order valence-corrected chi connectivity index (χ3v) is 7.10. The summed E-state index contributed by atoms with van der Waals surface area (Å²) in [4.78, 5) is 17.4. The van der Waals surface area contributed by atoms with Crippen LogP contribution in [-0.2, 0) is 5.41 Å². The number of aromatic nitrogens is 2. The number of rotatable bonds is 8. The molecule has 0 aliphatic rings. The van der Waals surface area contributed by atoms with Crippen molar-refractivity contribution in [1.29, 1.82) is 0 Å². The highest BCUT2D eigenvalue weighted by Gasteiger charge is 2.25. The van der Waals surface area contributed by atoms with E-state index in [0.717, 1.165) is 33.3 Å². The smallest absolute Gasteiger partial charge is 0.353 e. The fourth-order valence-electron chi connectivity index (χ4n) is 5.18. The first-order valence-corrected chi connectivity index (χ1v) is 14.3. The highest BCUT2D eigenvalue weighted by Crippen LogP contribution is 2.40. The fraction of sp³-hybridized carbons (Fsp3) is 0.278. The summed E-state index contributed by atoms with van der Waals surface area (Å²) in [6, 6.07) is 25.9. The van der Waals surface area contributed by atoms with Crippen molar-refractivity contribution in [2.75, 3.05) is 0 Å². The molecule has 6 heteroatoms. The van der Waals surface area contributed by atoms with Crippen LogP contribution < -0.4 is 9.47 Å². The number of carbonyl (C=O) groups is 1. The van der Waals surface area contributed by atoms with Gasteiger partial charge in [0.25, 0.3) is 0 Å². The van der Waals surface area contributed by atoms with E-state index in [1.165, 1.54) is 5.56 Å². The molecule has 6 nitrogen and oxygen atoms in total. The van der Waals surface area contributed by atoms with Gasteiger partial charge in [-0.05, 0) is 85.7 Å². The third kappa shape index (κ3) is 5.89. The highest BCUT2D eigenvalue weighted by atomic mass is 16.5. The van der Waals surface area contributed by atoms with Crippen molar-refractivity contribution < 1.29 is 19.4 Å². The molecule has 2 aromatic heterocycles. The number of ether oxygens (including phenoxy) is 2. The lowest BCUT2D eigenvalue weighted by atomic mass is 9.86. The monoisotopic (exact) mass is 562 g/mol. The Morgan fingerprint density at radius 2 is 1.40 bits per heavy atom. The summed E-state index contributed by atoms with van der Waals surface area (Å²) in [7, 11) is 0. The average molecular weight is 563 g/mol. The number of hydrogen-bond donors (Lipinski definition) is 1. The fourth-order valence-corrected chi connectivity index (χ4v) is 5.18. The van der Waals surface area contributed by atoms with E-state index < -0.39 is 5.97 Å². The van der Waals surface area contributed by atoms with E-state index in [1.807, 2.05) is 70.2 Å². The standard InChI is InChI=1S/C36H38N2O4/c1-22(2)41-29-16-10-25(11-17-29)33-30-20-26(24-8-13-27(14-9-24)36(5,6)7)12-18-31(30)38(34(33)35(39)40)28-15-19-32(37-21-28)42-23(3)4/h8-23H,1-7H3,(H,39,40). The molecule has 0 saturated carbocycles. The average Bonchev–Trinajstić information content (AvgIpc) is 3.28. The normalized spacial score (nSPS) is 11.8. The Labute approximate surface area is 247 Å². The molecule has 5 aromatic rings. The topological polar surface area (TPSA) is 73.6 Å². The van der Waals surface area contributed by atoms with Gasteiger partial charge >= 0.3 is 5.97 Å². The van der Waals surface area contributed by atoms with Crippen LogP contribution in [-0.4, -0.2) is 32.8 Å². The first-order valence-electron chi connectivity index (χ1n) is 14.3. The molecule has 5 rings (SSSR count). The van der Waals surface area contributed by atoms with Crippen LogP contribution in [0.25, 0.3) is 38.8 Å². The summed E-state index contributed by atoms with van der Waals surface area (Å²) in [5.74, 6) is 0.199. The van der Waals surface area contributed by atoms with Gasteiger partial charge in [0.15, 0.2) is 0 Å². The molecule has 0 spiro atoms. The van der Waals surface area contributed by atoms with Crippen LogP contribution in [0, 0.1) is 0 Å². The van der Waals surface area contributed by atoms with Crippen molar-refractivity contribution in [3.05, 3.63) is 96.3 Å². The van der Waals surface area contributed by atoms with E-state index in [2.05, 4.69) is 56.1 Å². The van der Waals surface area contributed by atoms with Crippen LogP contribution in [0.2, 0.25) is 0 Å². The van der Waals surface area contributed by atoms with Gasteiger partial charge in [-0.15, -0.1) is 0 Å². The quantitative estimate of drug-likeness (QED) is 0.204. The Balaban J connectivity index is 1.73.